The van der Waals surface area contributed by atoms with Gasteiger partial charge in [-0.25, -0.2) is 0 Å². The van der Waals surface area contributed by atoms with Crippen molar-refractivity contribution >= 4 is 28.4 Å². The van der Waals surface area contributed by atoms with Crippen molar-refractivity contribution in [1.29, 1.82) is 0 Å². The van der Waals surface area contributed by atoms with Crippen LogP contribution in [0.2, 0.25) is 0 Å². The van der Waals surface area contributed by atoms with Crippen molar-refractivity contribution in [3.05, 3.63) is 269 Å². The van der Waals surface area contributed by atoms with E-state index in [0.29, 0.717) is 58.8 Å². The highest BCUT2D eigenvalue weighted by Gasteiger charge is 2.47. The highest BCUT2D eigenvalue weighted by atomic mass is 16.5. The van der Waals surface area contributed by atoms with Crippen molar-refractivity contribution in [2.75, 3.05) is 123 Å². The Hall–Kier alpha value is -8.52. The van der Waals surface area contributed by atoms with Crippen molar-refractivity contribution in [2.45, 2.75) is 104 Å². The van der Waals surface area contributed by atoms with Gasteiger partial charge < -0.3 is 47.7 Å². The molecule has 0 amide bonds. The molecule has 4 fully saturated rings. The van der Waals surface area contributed by atoms with E-state index in [0.717, 1.165) is 125 Å². The molecule has 2 aliphatic carbocycles. The van der Waals surface area contributed by atoms with Gasteiger partial charge in [-0.1, -0.05) is 224 Å². The third-order valence-electron chi connectivity index (χ3n) is 24.7. The molecule has 10 nitrogen and oxygen atoms in total. The molecule has 0 bridgehead atoms. The van der Waals surface area contributed by atoms with E-state index in [1.165, 1.54) is 83.5 Å². The summed E-state index contributed by atoms with van der Waals surface area (Å²) in [5.41, 5.74) is 26.5. The van der Waals surface area contributed by atoms with Gasteiger partial charge in [-0.15, -0.1) is 0 Å². The van der Waals surface area contributed by atoms with Crippen LogP contribution in [0.4, 0.5) is 28.4 Å². The van der Waals surface area contributed by atoms with Gasteiger partial charge in [0.25, 0.3) is 0 Å². The lowest BCUT2D eigenvalue weighted by molar-refractivity contribution is -0.140. The predicted octanol–water partition coefficient (Wildman–Crippen LogP) is 21.9. The van der Waals surface area contributed by atoms with Crippen molar-refractivity contribution in [2.24, 2.45) is 27.6 Å². The summed E-state index contributed by atoms with van der Waals surface area (Å²) in [7, 11) is 2.20. The molecular weight excluding hydrogens is 1330 g/mol. The topological polar surface area (TPSA) is 80.3 Å². The summed E-state index contributed by atoms with van der Waals surface area (Å²) in [4.78, 5) is 4.78. The van der Waals surface area contributed by atoms with E-state index in [1.54, 1.807) is 0 Å². The van der Waals surface area contributed by atoms with E-state index in [1.807, 2.05) is 0 Å². The second-order valence-corrected chi connectivity index (χ2v) is 34.6. The molecule has 1 unspecified atom stereocenters. The first-order valence-corrected chi connectivity index (χ1v) is 39.6. The van der Waals surface area contributed by atoms with Crippen LogP contribution in [0.3, 0.4) is 0 Å². The number of benzene rings is 10. The molecule has 0 N–H and O–H groups in total. The molecule has 10 aromatic carbocycles. The minimum Gasteiger partial charge on any atom is -0.381 e. The number of hydrogen-bond acceptors (Lipinski definition) is 10. The molecule has 10 heteroatoms. The number of anilines is 5. The molecule has 0 spiro atoms. The van der Waals surface area contributed by atoms with Crippen LogP contribution < -0.4 is 9.80 Å². The quantitative estimate of drug-likeness (QED) is 0.0380. The van der Waals surface area contributed by atoms with Gasteiger partial charge in [0.05, 0.1) is 79.3 Å². The molecule has 0 radical (unpaired) electrons. The SMILES string of the molecule is Cc1ccc(-c2ccc(C(C)(CC(C)C)c3ccc(-c4ccc(N(c5ccc(-c6ccc(N(C)c7ccc8c(c7)C(CCOCC7(C)COC7)(CCOCC7(C)COC7)c7ccccc7-8)cc6)cc5)c5ccc6c(c5)C(CCOCC5(C)COC5)(CCOCC5(C)COC5)c5ccccc5-6)cc4)cc3)cc2)cc1. The van der Waals surface area contributed by atoms with Gasteiger partial charge in [-0.2, -0.15) is 0 Å². The monoisotopic (exact) mass is 1440 g/mol. The second-order valence-electron chi connectivity index (χ2n) is 34.6. The van der Waals surface area contributed by atoms with Crippen molar-refractivity contribution in [1.82, 2.24) is 0 Å². The largest absolute Gasteiger partial charge is 0.381 e. The van der Waals surface area contributed by atoms with E-state index in [9.17, 15) is 0 Å². The zero-order valence-electron chi connectivity index (χ0n) is 65.0. The molecular formula is C98H108N2O8. The van der Waals surface area contributed by atoms with Crippen LogP contribution >= 0.6 is 0 Å². The number of hydrogen-bond donors (Lipinski definition) is 0. The minimum absolute atomic E-state index is 0.0455. The fourth-order valence-electron chi connectivity index (χ4n) is 18.1. The van der Waals surface area contributed by atoms with E-state index < -0.39 is 0 Å². The zero-order chi connectivity index (χ0) is 74.3. The molecule has 108 heavy (non-hydrogen) atoms. The smallest absolute Gasteiger partial charge is 0.0564 e. The average Bonchev–Trinajstić information content (AvgIpc) is 1.57. The van der Waals surface area contributed by atoms with Crippen molar-refractivity contribution < 1.29 is 37.9 Å². The van der Waals surface area contributed by atoms with Gasteiger partial charge >= 0.3 is 0 Å². The number of aryl methyl sites for hydroxylation is 1. The Balaban J connectivity index is 0.706. The van der Waals surface area contributed by atoms with Crippen molar-refractivity contribution in [3.63, 3.8) is 0 Å². The van der Waals surface area contributed by atoms with Gasteiger partial charge in [0.1, 0.15) is 0 Å². The summed E-state index contributed by atoms with van der Waals surface area (Å²) in [5, 5.41) is 0. The molecule has 4 aliphatic heterocycles. The number of fused-ring (bicyclic) bond motifs is 6. The molecule has 0 aromatic heterocycles. The van der Waals surface area contributed by atoms with Crippen LogP contribution in [0.1, 0.15) is 120 Å². The summed E-state index contributed by atoms with van der Waals surface area (Å²) in [5.74, 6) is 0.502. The summed E-state index contributed by atoms with van der Waals surface area (Å²) >= 11 is 0. The van der Waals surface area contributed by atoms with E-state index in [-0.39, 0.29) is 37.9 Å². The highest BCUT2D eigenvalue weighted by Crippen LogP contribution is 2.57. The van der Waals surface area contributed by atoms with Crippen LogP contribution in [0.25, 0.3) is 55.6 Å². The predicted molar refractivity (Wildman–Crippen MR) is 439 cm³/mol. The zero-order valence-corrected chi connectivity index (χ0v) is 65.0. The lowest BCUT2D eigenvalue weighted by Crippen LogP contribution is -2.44. The molecule has 10 aromatic rings. The van der Waals surface area contributed by atoms with Gasteiger partial charge in [-0.3, -0.25) is 0 Å². The summed E-state index contributed by atoms with van der Waals surface area (Å²) in [6.07, 6.45) is 4.37. The van der Waals surface area contributed by atoms with Gasteiger partial charge in [0.2, 0.25) is 0 Å². The maximum Gasteiger partial charge on any atom is 0.0564 e. The van der Waals surface area contributed by atoms with Crippen molar-refractivity contribution in [3.8, 4) is 55.6 Å². The second kappa shape index (κ2) is 30.4. The van der Waals surface area contributed by atoms with E-state index in [4.69, 9.17) is 37.9 Å². The lowest BCUT2D eigenvalue weighted by Gasteiger charge is -2.39. The standard InChI is InChI=1S/C98H108N2O8/c1-69(2)56-96(8,77-32-22-72(23-33-77)71-20-18-70(3)19-21-71)78-34-24-73(25-35-78)75-28-38-80(39-29-75)100(83-43-45-87-85-15-11-13-17-89(85)98(91(87)55-83,48-52-103-59-94(6)65-107-66-94)49-53-104-60-95(7)67-108-68-95)81-40-30-76(31-41-81)74-26-36-79(37-27-74)99(9)82-42-44-86-84-14-10-12-16-88(84)97(90(86)54-82,46-50-101-57-92(4)61-105-62-92)47-51-102-58-93(5)63-106-64-93/h10-45,54-55,69H,46-53,56-68H2,1-9H3. The number of nitrogens with zero attached hydrogens (tertiary/aromatic N) is 2. The Kier molecular flexibility index (Phi) is 20.7. The average molecular weight is 1440 g/mol. The Labute approximate surface area is 641 Å². The Morgan fingerprint density at radius 2 is 0.648 bits per heavy atom. The number of ether oxygens (including phenoxy) is 8. The van der Waals surface area contributed by atoms with Crippen LogP contribution in [-0.2, 0) is 54.1 Å². The minimum atomic E-state index is -0.368. The molecule has 0 saturated carbocycles. The normalized spacial score (nSPS) is 18.1. The van der Waals surface area contributed by atoms with Crippen LogP contribution in [0.15, 0.2) is 231 Å². The highest BCUT2D eigenvalue weighted by molar-refractivity contribution is 5.88. The maximum atomic E-state index is 6.69. The summed E-state index contributed by atoms with van der Waals surface area (Å²) in [6.45, 7) is 29.5. The van der Waals surface area contributed by atoms with Gasteiger partial charge in [0, 0.05) is 99.8 Å². The first kappa shape index (κ1) is 73.6. The van der Waals surface area contributed by atoms with E-state index in [2.05, 4.69) is 303 Å². The maximum absolute atomic E-state index is 6.69. The lowest BCUT2D eigenvalue weighted by atomic mass is 9.70. The van der Waals surface area contributed by atoms with Gasteiger partial charge in [-0.05, 0) is 195 Å². The summed E-state index contributed by atoms with van der Waals surface area (Å²) in [6, 6.07) is 87.3. The molecule has 16 rings (SSSR count). The first-order valence-electron chi connectivity index (χ1n) is 39.6. The third-order valence-corrected chi connectivity index (χ3v) is 24.7. The fourth-order valence-corrected chi connectivity index (χ4v) is 18.1. The molecule has 6 aliphatic rings. The van der Waals surface area contributed by atoms with Crippen LogP contribution in [0.5, 0.6) is 0 Å². The Morgan fingerprint density at radius 1 is 0.352 bits per heavy atom. The van der Waals surface area contributed by atoms with Gasteiger partial charge in [0.15, 0.2) is 0 Å². The first-order chi connectivity index (χ1) is 52.3. The Bertz CT molecular complexity index is 4710. The fraction of sp³-hybridized carbons (Fsp3) is 0.388. The van der Waals surface area contributed by atoms with Crippen LogP contribution in [0, 0.1) is 34.5 Å². The molecule has 4 heterocycles. The summed E-state index contributed by atoms with van der Waals surface area (Å²) < 4.78 is 49.1. The number of rotatable bonds is 32. The molecule has 4 saturated heterocycles. The third kappa shape index (κ3) is 14.7. The molecule has 1 atom stereocenters. The van der Waals surface area contributed by atoms with Crippen LogP contribution in [-0.4, -0.2) is 113 Å². The van der Waals surface area contributed by atoms with E-state index >= 15 is 0 Å². The Morgan fingerprint density at radius 3 is 0.991 bits per heavy atom. The molecule has 558 valence electrons.